The summed E-state index contributed by atoms with van der Waals surface area (Å²) < 4.78 is 38.9. The highest BCUT2D eigenvalue weighted by Crippen LogP contribution is 2.30. The van der Waals surface area contributed by atoms with E-state index in [0.29, 0.717) is 17.7 Å². The molecular formula is C21H22ClF3N2O2S. The van der Waals surface area contributed by atoms with E-state index in [0.717, 1.165) is 12.1 Å². The van der Waals surface area contributed by atoms with Crippen molar-refractivity contribution in [2.45, 2.75) is 31.6 Å². The number of nitrogens with one attached hydrogen (secondary N) is 2. The Labute approximate surface area is 182 Å². The van der Waals surface area contributed by atoms with Gasteiger partial charge in [-0.25, -0.2) is 0 Å². The van der Waals surface area contributed by atoms with E-state index in [1.807, 2.05) is 6.26 Å². The van der Waals surface area contributed by atoms with Gasteiger partial charge >= 0.3 is 6.18 Å². The van der Waals surface area contributed by atoms with Gasteiger partial charge in [-0.3, -0.25) is 9.59 Å². The first-order chi connectivity index (χ1) is 14.1. The molecule has 4 nitrogen and oxygen atoms in total. The maximum absolute atomic E-state index is 13.0. The molecule has 0 radical (unpaired) electrons. The second-order valence-corrected chi connectivity index (χ2v) is 8.03. The molecule has 2 atom stereocenters. The zero-order valence-electron chi connectivity index (χ0n) is 16.4. The van der Waals surface area contributed by atoms with Gasteiger partial charge in [0.15, 0.2) is 0 Å². The molecule has 2 amide bonds. The molecule has 0 spiro atoms. The lowest BCUT2D eigenvalue weighted by atomic mass is 10.0. The van der Waals surface area contributed by atoms with Gasteiger partial charge in [0.2, 0.25) is 5.91 Å². The Kier molecular flexibility index (Phi) is 8.61. The largest absolute Gasteiger partial charge is 0.416 e. The SMILES string of the molecule is CSCCC(NC(=O)c1ccccc1Cl)C(=O)NC(C)c1cccc(C(F)(F)F)c1. The number of benzene rings is 2. The molecule has 2 rings (SSSR count). The fraction of sp³-hybridized carbons (Fsp3) is 0.333. The third-order valence-electron chi connectivity index (χ3n) is 4.42. The van der Waals surface area contributed by atoms with Gasteiger partial charge in [-0.2, -0.15) is 24.9 Å². The second kappa shape index (κ2) is 10.7. The van der Waals surface area contributed by atoms with Crippen LogP contribution in [0.1, 0.15) is 40.9 Å². The van der Waals surface area contributed by atoms with Gasteiger partial charge in [-0.05, 0) is 55.2 Å². The highest BCUT2D eigenvalue weighted by atomic mass is 35.5. The summed E-state index contributed by atoms with van der Waals surface area (Å²) in [6.45, 7) is 1.59. The van der Waals surface area contributed by atoms with Crippen LogP contribution in [-0.4, -0.2) is 29.9 Å². The molecule has 2 unspecified atom stereocenters. The molecule has 0 aliphatic rings. The van der Waals surface area contributed by atoms with E-state index in [1.165, 1.54) is 23.9 Å². The number of halogens is 4. The van der Waals surface area contributed by atoms with E-state index in [4.69, 9.17) is 11.6 Å². The summed E-state index contributed by atoms with van der Waals surface area (Å²) in [5.74, 6) is -0.360. The average molecular weight is 459 g/mol. The highest BCUT2D eigenvalue weighted by Gasteiger charge is 2.31. The number of hydrogen-bond donors (Lipinski definition) is 2. The third-order valence-corrected chi connectivity index (χ3v) is 5.40. The minimum atomic E-state index is -4.47. The van der Waals surface area contributed by atoms with Gasteiger partial charge in [0, 0.05) is 0 Å². The number of alkyl halides is 3. The Morgan fingerprint density at radius 2 is 1.80 bits per heavy atom. The van der Waals surface area contributed by atoms with Crippen LogP contribution in [0.2, 0.25) is 5.02 Å². The predicted molar refractivity (Wildman–Crippen MR) is 114 cm³/mol. The third kappa shape index (κ3) is 6.67. The molecule has 0 aromatic heterocycles. The number of carbonyl (C=O) groups is 2. The zero-order chi connectivity index (χ0) is 22.3. The first-order valence-electron chi connectivity index (χ1n) is 9.15. The van der Waals surface area contributed by atoms with Crippen LogP contribution in [0.15, 0.2) is 48.5 Å². The molecule has 30 heavy (non-hydrogen) atoms. The van der Waals surface area contributed by atoms with Crippen LogP contribution in [0.4, 0.5) is 13.2 Å². The molecule has 9 heteroatoms. The Balaban J connectivity index is 2.13. The number of hydrogen-bond acceptors (Lipinski definition) is 3. The van der Waals surface area contributed by atoms with Crippen LogP contribution in [0.3, 0.4) is 0 Å². The van der Waals surface area contributed by atoms with Crippen molar-refractivity contribution in [3.63, 3.8) is 0 Å². The molecular weight excluding hydrogens is 437 g/mol. The normalized spacial score (nSPS) is 13.4. The standard InChI is InChI=1S/C21H22ClF3N2O2S/c1-13(14-6-5-7-15(12-14)21(23,24)25)26-20(29)18(10-11-30-2)27-19(28)16-8-3-4-9-17(16)22/h3-9,12-13,18H,10-11H2,1-2H3,(H,26,29)(H,27,28). The van der Waals surface area contributed by atoms with Crippen LogP contribution in [-0.2, 0) is 11.0 Å². The summed E-state index contributed by atoms with van der Waals surface area (Å²) in [4.78, 5) is 25.3. The van der Waals surface area contributed by atoms with Crippen molar-refractivity contribution in [1.29, 1.82) is 0 Å². The van der Waals surface area contributed by atoms with Crippen LogP contribution in [0.25, 0.3) is 0 Å². The minimum Gasteiger partial charge on any atom is -0.348 e. The van der Waals surface area contributed by atoms with Crippen molar-refractivity contribution in [3.05, 3.63) is 70.2 Å². The molecule has 2 aromatic carbocycles. The van der Waals surface area contributed by atoms with Crippen molar-refractivity contribution in [2.75, 3.05) is 12.0 Å². The van der Waals surface area contributed by atoms with Gasteiger partial charge < -0.3 is 10.6 Å². The number of carbonyl (C=O) groups excluding carboxylic acids is 2. The summed E-state index contributed by atoms with van der Waals surface area (Å²) >= 11 is 7.56. The smallest absolute Gasteiger partial charge is 0.348 e. The molecule has 0 fully saturated rings. The molecule has 0 bridgehead atoms. The van der Waals surface area contributed by atoms with E-state index >= 15 is 0 Å². The Morgan fingerprint density at radius 3 is 2.43 bits per heavy atom. The summed E-state index contributed by atoms with van der Waals surface area (Å²) in [5, 5.41) is 5.62. The molecule has 0 saturated carbocycles. The van der Waals surface area contributed by atoms with Crippen molar-refractivity contribution < 1.29 is 22.8 Å². The molecule has 2 aromatic rings. The predicted octanol–water partition coefficient (Wildman–Crippen LogP) is 5.09. The van der Waals surface area contributed by atoms with E-state index in [1.54, 1.807) is 31.2 Å². The second-order valence-electron chi connectivity index (χ2n) is 6.64. The maximum atomic E-state index is 13.0. The quantitative estimate of drug-likeness (QED) is 0.579. The summed E-state index contributed by atoms with van der Waals surface area (Å²) in [6, 6.07) is 9.73. The van der Waals surface area contributed by atoms with E-state index < -0.39 is 35.6 Å². The Hall–Kier alpha value is -2.19. The molecule has 0 aliphatic carbocycles. The van der Waals surface area contributed by atoms with Crippen molar-refractivity contribution in [1.82, 2.24) is 10.6 Å². The zero-order valence-corrected chi connectivity index (χ0v) is 18.0. The highest BCUT2D eigenvalue weighted by molar-refractivity contribution is 7.98. The van der Waals surface area contributed by atoms with Gasteiger partial charge in [0.25, 0.3) is 5.91 Å². The van der Waals surface area contributed by atoms with Crippen LogP contribution >= 0.6 is 23.4 Å². The van der Waals surface area contributed by atoms with Gasteiger partial charge in [0.05, 0.1) is 22.2 Å². The minimum absolute atomic E-state index is 0.243. The van der Waals surface area contributed by atoms with Crippen LogP contribution in [0.5, 0.6) is 0 Å². The Morgan fingerprint density at radius 1 is 1.10 bits per heavy atom. The maximum Gasteiger partial charge on any atom is 0.416 e. The first-order valence-corrected chi connectivity index (χ1v) is 10.9. The van der Waals surface area contributed by atoms with E-state index in [-0.39, 0.29) is 10.6 Å². The lowest BCUT2D eigenvalue weighted by Crippen LogP contribution is -2.47. The Bertz CT molecular complexity index is 893. The molecule has 0 aliphatic heterocycles. The summed E-state index contributed by atoms with van der Waals surface area (Å²) in [6.07, 6.45) is -2.24. The molecule has 0 heterocycles. The average Bonchev–Trinajstić information content (AvgIpc) is 2.70. The summed E-state index contributed by atoms with van der Waals surface area (Å²) in [5.41, 5.74) is -0.224. The van der Waals surface area contributed by atoms with E-state index in [2.05, 4.69) is 10.6 Å². The number of thioether (sulfide) groups is 1. The van der Waals surface area contributed by atoms with Gasteiger partial charge in [-0.1, -0.05) is 35.9 Å². The van der Waals surface area contributed by atoms with Crippen LogP contribution < -0.4 is 10.6 Å². The fourth-order valence-corrected chi connectivity index (χ4v) is 3.46. The topological polar surface area (TPSA) is 58.2 Å². The first kappa shape index (κ1) is 24.1. The fourth-order valence-electron chi connectivity index (χ4n) is 2.77. The lowest BCUT2D eigenvalue weighted by Gasteiger charge is -2.22. The molecule has 0 saturated heterocycles. The van der Waals surface area contributed by atoms with Gasteiger partial charge in [0.1, 0.15) is 6.04 Å². The van der Waals surface area contributed by atoms with Crippen LogP contribution in [0, 0.1) is 0 Å². The van der Waals surface area contributed by atoms with E-state index in [9.17, 15) is 22.8 Å². The number of rotatable bonds is 8. The lowest BCUT2D eigenvalue weighted by molar-refractivity contribution is -0.137. The van der Waals surface area contributed by atoms with Crippen molar-refractivity contribution in [2.24, 2.45) is 0 Å². The number of amides is 2. The van der Waals surface area contributed by atoms with Crippen molar-refractivity contribution in [3.8, 4) is 0 Å². The van der Waals surface area contributed by atoms with Gasteiger partial charge in [-0.15, -0.1) is 0 Å². The van der Waals surface area contributed by atoms with Crippen molar-refractivity contribution >= 4 is 35.2 Å². The monoisotopic (exact) mass is 458 g/mol. The molecule has 2 N–H and O–H groups in total. The molecule has 162 valence electrons. The summed E-state index contributed by atoms with van der Waals surface area (Å²) in [7, 11) is 0.